The first-order chi connectivity index (χ1) is 8.85. The van der Waals surface area contributed by atoms with E-state index < -0.39 is 11.2 Å². The van der Waals surface area contributed by atoms with Gasteiger partial charge in [-0.2, -0.15) is 0 Å². The number of aromatic amines is 1. The summed E-state index contributed by atoms with van der Waals surface area (Å²) in [5, 5.41) is 10.2. The standard InChI is InChI=1S/C14H22N2O3/c1-4-10-11(17)15-13(19)16(12(10)18)9-5-7-14(2,3)8-6-9/h9,18H,4-8H2,1-3H3,(H,15,17,19). The molecule has 106 valence electrons. The number of aromatic hydroxyl groups is 1. The van der Waals surface area contributed by atoms with Gasteiger partial charge in [0.25, 0.3) is 5.56 Å². The number of H-pyrrole nitrogens is 1. The highest BCUT2D eigenvalue weighted by Crippen LogP contribution is 2.40. The minimum absolute atomic E-state index is 0.0114. The van der Waals surface area contributed by atoms with E-state index in [0.717, 1.165) is 25.7 Å². The summed E-state index contributed by atoms with van der Waals surface area (Å²) in [4.78, 5) is 25.8. The molecule has 0 spiro atoms. The van der Waals surface area contributed by atoms with Gasteiger partial charge in [0.05, 0.1) is 5.56 Å². The second-order valence-corrected chi connectivity index (χ2v) is 6.18. The van der Waals surface area contributed by atoms with Gasteiger partial charge < -0.3 is 5.11 Å². The van der Waals surface area contributed by atoms with Crippen LogP contribution in [0.15, 0.2) is 9.59 Å². The van der Waals surface area contributed by atoms with E-state index in [1.165, 1.54) is 4.57 Å². The molecule has 0 amide bonds. The summed E-state index contributed by atoms with van der Waals surface area (Å²) >= 11 is 0. The fourth-order valence-electron chi connectivity index (χ4n) is 2.88. The molecular weight excluding hydrogens is 244 g/mol. The van der Waals surface area contributed by atoms with Crippen LogP contribution in [0, 0.1) is 5.41 Å². The van der Waals surface area contributed by atoms with E-state index in [-0.39, 0.29) is 11.9 Å². The molecule has 2 rings (SSSR count). The second kappa shape index (κ2) is 4.87. The van der Waals surface area contributed by atoms with E-state index in [9.17, 15) is 14.7 Å². The molecule has 1 aliphatic rings. The van der Waals surface area contributed by atoms with E-state index in [0.29, 0.717) is 17.4 Å². The number of nitrogens with zero attached hydrogens (tertiary/aromatic N) is 1. The zero-order chi connectivity index (χ0) is 14.2. The third kappa shape index (κ3) is 2.60. The maximum atomic E-state index is 11.9. The van der Waals surface area contributed by atoms with Crippen molar-refractivity contribution in [3.8, 4) is 5.88 Å². The number of hydrogen-bond acceptors (Lipinski definition) is 3. The van der Waals surface area contributed by atoms with E-state index in [1.54, 1.807) is 6.92 Å². The van der Waals surface area contributed by atoms with Crippen LogP contribution in [0.25, 0.3) is 0 Å². The second-order valence-electron chi connectivity index (χ2n) is 6.18. The summed E-state index contributed by atoms with van der Waals surface area (Å²) in [7, 11) is 0. The summed E-state index contributed by atoms with van der Waals surface area (Å²) in [6.45, 7) is 6.23. The summed E-state index contributed by atoms with van der Waals surface area (Å²) in [5.74, 6) is -0.152. The largest absolute Gasteiger partial charge is 0.494 e. The van der Waals surface area contributed by atoms with E-state index in [1.807, 2.05) is 0 Å². The Hall–Kier alpha value is -1.52. The Bertz CT molecular complexity index is 573. The Morgan fingerprint density at radius 2 is 1.89 bits per heavy atom. The number of hydrogen-bond donors (Lipinski definition) is 2. The van der Waals surface area contributed by atoms with Crippen LogP contribution in [0.1, 0.15) is 58.1 Å². The van der Waals surface area contributed by atoms with Crippen molar-refractivity contribution in [3.05, 3.63) is 26.4 Å². The van der Waals surface area contributed by atoms with Gasteiger partial charge in [-0.25, -0.2) is 4.79 Å². The molecule has 0 radical (unpaired) electrons. The lowest BCUT2D eigenvalue weighted by molar-refractivity contribution is 0.181. The predicted molar refractivity (Wildman–Crippen MR) is 73.7 cm³/mol. The molecule has 0 aliphatic heterocycles. The molecule has 1 saturated carbocycles. The van der Waals surface area contributed by atoms with E-state index in [2.05, 4.69) is 18.8 Å². The zero-order valence-corrected chi connectivity index (χ0v) is 11.8. The van der Waals surface area contributed by atoms with Crippen LogP contribution in [-0.2, 0) is 6.42 Å². The first-order valence-corrected chi connectivity index (χ1v) is 6.92. The van der Waals surface area contributed by atoms with Crippen molar-refractivity contribution in [2.75, 3.05) is 0 Å². The van der Waals surface area contributed by atoms with Crippen molar-refractivity contribution in [2.45, 2.75) is 58.9 Å². The van der Waals surface area contributed by atoms with Gasteiger partial charge in [0.15, 0.2) is 0 Å². The molecule has 1 fully saturated rings. The molecular formula is C14H22N2O3. The molecule has 19 heavy (non-hydrogen) atoms. The fraction of sp³-hybridized carbons (Fsp3) is 0.714. The average Bonchev–Trinajstić information content (AvgIpc) is 2.31. The SMILES string of the molecule is CCc1c(O)n(C2CCC(C)(C)CC2)c(=O)[nH]c1=O. The molecule has 0 unspecified atom stereocenters. The summed E-state index contributed by atoms with van der Waals surface area (Å²) in [5.41, 5.74) is -0.378. The van der Waals surface area contributed by atoms with Gasteiger partial charge in [-0.3, -0.25) is 14.3 Å². The normalized spacial score (nSPS) is 19.5. The quantitative estimate of drug-likeness (QED) is 0.859. The summed E-state index contributed by atoms with van der Waals surface area (Å²) < 4.78 is 1.37. The third-order valence-electron chi connectivity index (χ3n) is 4.24. The Morgan fingerprint density at radius 3 is 2.42 bits per heavy atom. The van der Waals surface area contributed by atoms with Crippen LogP contribution in [0.4, 0.5) is 0 Å². The number of nitrogens with one attached hydrogen (secondary N) is 1. The van der Waals surface area contributed by atoms with Gasteiger partial charge >= 0.3 is 5.69 Å². The molecule has 0 atom stereocenters. The molecule has 1 aromatic heterocycles. The van der Waals surface area contributed by atoms with Gasteiger partial charge in [-0.1, -0.05) is 20.8 Å². The van der Waals surface area contributed by atoms with Crippen molar-refractivity contribution in [1.82, 2.24) is 9.55 Å². The van der Waals surface area contributed by atoms with Gasteiger partial charge in [0.2, 0.25) is 5.88 Å². The molecule has 0 bridgehead atoms. The van der Waals surface area contributed by atoms with Gasteiger partial charge in [-0.15, -0.1) is 0 Å². The van der Waals surface area contributed by atoms with Crippen molar-refractivity contribution in [2.24, 2.45) is 5.41 Å². The Balaban J connectivity index is 2.41. The fourth-order valence-corrected chi connectivity index (χ4v) is 2.88. The minimum Gasteiger partial charge on any atom is -0.494 e. The maximum absolute atomic E-state index is 11.9. The van der Waals surface area contributed by atoms with Crippen LogP contribution < -0.4 is 11.2 Å². The van der Waals surface area contributed by atoms with E-state index >= 15 is 0 Å². The van der Waals surface area contributed by atoms with Crippen molar-refractivity contribution in [1.29, 1.82) is 0 Å². The summed E-state index contributed by atoms with van der Waals surface area (Å²) in [6.07, 6.45) is 4.17. The highest BCUT2D eigenvalue weighted by Gasteiger charge is 2.30. The van der Waals surface area contributed by atoms with Crippen molar-refractivity contribution < 1.29 is 5.11 Å². The lowest BCUT2D eigenvalue weighted by Crippen LogP contribution is -2.36. The first kappa shape index (κ1) is 13.9. The third-order valence-corrected chi connectivity index (χ3v) is 4.24. The molecule has 0 aromatic carbocycles. The van der Waals surface area contributed by atoms with Crippen LogP contribution >= 0.6 is 0 Å². The van der Waals surface area contributed by atoms with Gasteiger partial charge in [0.1, 0.15) is 0 Å². The molecule has 2 N–H and O–H groups in total. The molecule has 0 saturated heterocycles. The van der Waals surface area contributed by atoms with Crippen LogP contribution in [0.2, 0.25) is 0 Å². The highest BCUT2D eigenvalue weighted by atomic mass is 16.3. The topological polar surface area (TPSA) is 75.1 Å². The maximum Gasteiger partial charge on any atom is 0.331 e. The summed E-state index contributed by atoms with van der Waals surface area (Å²) in [6, 6.07) is -0.0114. The van der Waals surface area contributed by atoms with Crippen LogP contribution in [0.3, 0.4) is 0 Å². The Labute approximate surface area is 112 Å². The van der Waals surface area contributed by atoms with Gasteiger partial charge in [0, 0.05) is 6.04 Å². The first-order valence-electron chi connectivity index (χ1n) is 6.92. The minimum atomic E-state index is -0.496. The predicted octanol–water partition coefficient (Wildman–Crippen LogP) is 1.95. The lowest BCUT2D eigenvalue weighted by Gasteiger charge is -2.35. The molecule has 1 aliphatic carbocycles. The zero-order valence-electron chi connectivity index (χ0n) is 11.8. The Kier molecular flexibility index (Phi) is 3.56. The monoisotopic (exact) mass is 266 g/mol. The average molecular weight is 266 g/mol. The molecule has 1 aromatic rings. The van der Waals surface area contributed by atoms with Crippen LogP contribution in [0.5, 0.6) is 5.88 Å². The highest BCUT2D eigenvalue weighted by molar-refractivity contribution is 5.23. The van der Waals surface area contributed by atoms with Gasteiger partial charge in [-0.05, 0) is 37.5 Å². The van der Waals surface area contributed by atoms with Crippen molar-refractivity contribution in [3.63, 3.8) is 0 Å². The Morgan fingerprint density at radius 1 is 1.32 bits per heavy atom. The molecule has 1 heterocycles. The number of aromatic nitrogens is 2. The lowest BCUT2D eigenvalue weighted by atomic mass is 9.75. The number of rotatable bonds is 2. The van der Waals surface area contributed by atoms with E-state index in [4.69, 9.17) is 0 Å². The smallest absolute Gasteiger partial charge is 0.331 e. The molecule has 5 nitrogen and oxygen atoms in total. The molecule has 5 heteroatoms. The van der Waals surface area contributed by atoms with Crippen molar-refractivity contribution >= 4 is 0 Å². The van der Waals surface area contributed by atoms with Crippen LogP contribution in [-0.4, -0.2) is 14.7 Å².